The molecule has 1 aliphatic rings. The van der Waals surface area contributed by atoms with Crippen molar-refractivity contribution in [1.29, 1.82) is 0 Å². The van der Waals surface area contributed by atoms with Crippen molar-refractivity contribution < 1.29 is 5.11 Å². The number of hydrogen-bond donors (Lipinski definition) is 1. The molecule has 1 rings (SSSR count). The van der Waals surface area contributed by atoms with E-state index in [1.165, 1.54) is 19.3 Å². The van der Waals surface area contributed by atoms with Crippen molar-refractivity contribution in [3.05, 3.63) is 0 Å². The van der Waals surface area contributed by atoms with Gasteiger partial charge in [0.1, 0.15) is 0 Å². The SMILES string of the molecule is CC(C)C(C)SC1CCCCC1O. The summed E-state index contributed by atoms with van der Waals surface area (Å²) in [4.78, 5) is 0. The Morgan fingerprint density at radius 1 is 1.15 bits per heavy atom. The third-order valence-electron chi connectivity index (χ3n) is 3.00. The third kappa shape index (κ3) is 3.51. The van der Waals surface area contributed by atoms with Gasteiger partial charge in [-0.1, -0.05) is 33.6 Å². The zero-order valence-electron chi connectivity index (χ0n) is 8.99. The average Bonchev–Trinajstić information content (AvgIpc) is 2.08. The van der Waals surface area contributed by atoms with Crippen molar-refractivity contribution >= 4 is 11.8 Å². The number of aliphatic hydroxyl groups excluding tert-OH is 1. The van der Waals surface area contributed by atoms with Gasteiger partial charge in [0.25, 0.3) is 0 Å². The lowest BCUT2D eigenvalue weighted by Crippen LogP contribution is -2.29. The summed E-state index contributed by atoms with van der Waals surface area (Å²) in [6.07, 6.45) is 4.71. The van der Waals surface area contributed by atoms with E-state index in [2.05, 4.69) is 20.8 Å². The van der Waals surface area contributed by atoms with Crippen LogP contribution in [-0.4, -0.2) is 21.7 Å². The van der Waals surface area contributed by atoms with Crippen molar-refractivity contribution in [2.75, 3.05) is 0 Å². The van der Waals surface area contributed by atoms with Crippen LogP contribution in [0.2, 0.25) is 0 Å². The first-order valence-electron chi connectivity index (χ1n) is 5.44. The Bertz CT molecular complexity index is 147. The molecular formula is C11H22OS. The molecule has 0 aromatic heterocycles. The van der Waals surface area contributed by atoms with Crippen LogP contribution in [-0.2, 0) is 0 Å². The largest absolute Gasteiger partial charge is 0.392 e. The van der Waals surface area contributed by atoms with Crippen molar-refractivity contribution in [3.8, 4) is 0 Å². The maximum Gasteiger partial charge on any atom is 0.0658 e. The van der Waals surface area contributed by atoms with Crippen LogP contribution in [0.3, 0.4) is 0 Å². The summed E-state index contributed by atoms with van der Waals surface area (Å²) in [5.41, 5.74) is 0. The van der Waals surface area contributed by atoms with E-state index in [-0.39, 0.29) is 6.10 Å². The predicted octanol–water partition coefficient (Wildman–Crippen LogP) is 3.07. The molecule has 3 atom stereocenters. The fraction of sp³-hybridized carbons (Fsp3) is 1.00. The fourth-order valence-electron chi connectivity index (χ4n) is 1.67. The van der Waals surface area contributed by atoms with Gasteiger partial charge in [0.15, 0.2) is 0 Å². The first-order valence-corrected chi connectivity index (χ1v) is 6.39. The van der Waals surface area contributed by atoms with E-state index in [9.17, 15) is 5.11 Å². The number of thioether (sulfide) groups is 1. The molecule has 3 unspecified atom stereocenters. The third-order valence-corrected chi connectivity index (χ3v) is 4.87. The van der Waals surface area contributed by atoms with Gasteiger partial charge in [-0.2, -0.15) is 11.8 Å². The number of aliphatic hydroxyl groups is 1. The van der Waals surface area contributed by atoms with E-state index in [0.717, 1.165) is 12.3 Å². The summed E-state index contributed by atoms with van der Waals surface area (Å²) in [7, 11) is 0. The molecule has 0 aromatic rings. The second-order valence-electron chi connectivity index (χ2n) is 4.48. The highest BCUT2D eigenvalue weighted by atomic mass is 32.2. The van der Waals surface area contributed by atoms with Gasteiger partial charge < -0.3 is 5.11 Å². The monoisotopic (exact) mass is 202 g/mol. The molecule has 0 saturated heterocycles. The van der Waals surface area contributed by atoms with Crippen molar-refractivity contribution in [2.45, 2.75) is 63.1 Å². The molecule has 13 heavy (non-hydrogen) atoms. The van der Waals surface area contributed by atoms with Crippen molar-refractivity contribution in [3.63, 3.8) is 0 Å². The highest BCUT2D eigenvalue weighted by Gasteiger charge is 2.25. The highest BCUT2D eigenvalue weighted by molar-refractivity contribution is 8.00. The summed E-state index contributed by atoms with van der Waals surface area (Å²) in [6, 6.07) is 0. The van der Waals surface area contributed by atoms with Gasteiger partial charge in [-0.3, -0.25) is 0 Å². The van der Waals surface area contributed by atoms with Crippen LogP contribution < -0.4 is 0 Å². The quantitative estimate of drug-likeness (QED) is 0.759. The molecule has 0 bridgehead atoms. The molecule has 2 heteroatoms. The Labute approximate surface area is 86.3 Å². The molecule has 1 fully saturated rings. The molecule has 0 amide bonds. The van der Waals surface area contributed by atoms with Crippen LogP contribution in [0.15, 0.2) is 0 Å². The van der Waals surface area contributed by atoms with E-state index in [1.807, 2.05) is 11.8 Å². The van der Waals surface area contributed by atoms with Gasteiger partial charge in [-0.15, -0.1) is 0 Å². The smallest absolute Gasteiger partial charge is 0.0658 e. The molecule has 1 aliphatic carbocycles. The summed E-state index contributed by atoms with van der Waals surface area (Å²) < 4.78 is 0. The lowest BCUT2D eigenvalue weighted by molar-refractivity contribution is 0.136. The van der Waals surface area contributed by atoms with Crippen molar-refractivity contribution in [1.82, 2.24) is 0 Å². The standard InChI is InChI=1S/C11H22OS/c1-8(2)9(3)13-11-7-5-4-6-10(11)12/h8-12H,4-7H2,1-3H3. The van der Waals surface area contributed by atoms with E-state index >= 15 is 0 Å². The van der Waals surface area contributed by atoms with E-state index in [0.29, 0.717) is 10.5 Å². The Hall–Kier alpha value is 0.310. The Morgan fingerprint density at radius 2 is 1.77 bits per heavy atom. The molecule has 0 aromatic carbocycles. The van der Waals surface area contributed by atoms with Gasteiger partial charge in [-0.25, -0.2) is 0 Å². The molecule has 0 heterocycles. The van der Waals surface area contributed by atoms with Gasteiger partial charge in [-0.05, 0) is 18.8 Å². The summed E-state index contributed by atoms with van der Waals surface area (Å²) in [6.45, 7) is 6.79. The number of rotatable bonds is 3. The van der Waals surface area contributed by atoms with Gasteiger partial charge in [0.2, 0.25) is 0 Å². The molecule has 1 saturated carbocycles. The van der Waals surface area contributed by atoms with E-state index in [4.69, 9.17) is 0 Å². The summed E-state index contributed by atoms with van der Waals surface area (Å²) >= 11 is 1.99. The molecular weight excluding hydrogens is 180 g/mol. The van der Waals surface area contributed by atoms with E-state index in [1.54, 1.807) is 0 Å². The fourth-order valence-corrected chi connectivity index (χ4v) is 3.15. The van der Waals surface area contributed by atoms with Crippen LogP contribution in [0, 0.1) is 5.92 Å². The maximum absolute atomic E-state index is 9.78. The molecule has 0 aliphatic heterocycles. The molecule has 78 valence electrons. The van der Waals surface area contributed by atoms with Crippen LogP contribution in [0.1, 0.15) is 46.5 Å². The topological polar surface area (TPSA) is 20.2 Å². The lowest BCUT2D eigenvalue weighted by atomic mass is 9.97. The van der Waals surface area contributed by atoms with Crippen LogP contribution in [0.5, 0.6) is 0 Å². The summed E-state index contributed by atoms with van der Waals surface area (Å²) in [5, 5.41) is 11.0. The summed E-state index contributed by atoms with van der Waals surface area (Å²) in [5.74, 6) is 0.721. The highest BCUT2D eigenvalue weighted by Crippen LogP contribution is 2.33. The Balaban J connectivity index is 2.33. The second kappa shape index (κ2) is 5.26. The van der Waals surface area contributed by atoms with Crippen LogP contribution in [0.4, 0.5) is 0 Å². The Kier molecular flexibility index (Phi) is 4.60. The zero-order chi connectivity index (χ0) is 9.84. The van der Waals surface area contributed by atoms with Crippen LogP contribution in [0.25, 0.3) is 0 Å². The number of hydrogen-bond acceptors (Lipinski definition) is 2. The minimum atomic E-state index is -0.0417. The van der Waals surface area contributed by atoms with E-state index < -0.39 is 0 Å². The van der Waals surface area contributed by atoms with Gasteiger partial charge >= 0.3 is 0 Å². The molecule has 1 nitrogen and oxygen atoms in total. The maximum atomic E-state index is 9.78. The second-order valence-corrected chi connectivity index (χ2v) is 6.10. The van der Waals surface area contributed by atoms with Gasteiger partial charge in [0.05, 0.1) is 6.10 Å². The zero-order valence-corrected chi connectivity index (χ0v) is 9.81. The average molecular weight is 202 g/mol. The molecule has 1 N–H and O–H groups in total. The molecule has 0 spiro atoms. The molecule has 0 radical (unpaired) electrons. The van der Waals surface area contributed by atoms with Crippen molar-refractivity contribution in [2.24, 2.45) is 5.92 Å². The predicted molar refractivity (Wildman–Crippen MR) is 60.2 cm³/mol. The first kappa shape index (κ1) is 11.4. The normalized spacial score (nSPS) is 32.1. The van der Waals surface area contributed by atoms with Gasteiger partial charge in [0, 0.05) is 10.5 Å². The Morgan fingerprint density at radius 3 is 2.31 bits per heavy atom. The minimum absolute atomic E-state index is 0.0417. The van der Waals surface area contributed by atoms with Crippen LogP contribution >= 0.6 is 11.8 Å². The minimum Gasteiger partial charge on any atom is -0.392 e. The lowest BCUT2D eigenvalue weighted by Gasteiger charge is -2.30. The first-order chi connectivity index (χ1) is 6.11.